The number of hydrogen-bond donors (Lipinski definition) is 0. The second-order valence-electron chi connectivity index (χ2n) is 6.79. The normalized spacial score (nSPS) is 15.1. The first-order chi connectivity index (χ1) is 13.8. The second-order valence-corrected chi connectivity index (χ2v) is 8.65. The Morgan fingerprint density at radius 2 is 1.72 bits per heavy atom. The van der Waals surface area contributed by atoms with Gasteiger partial charge in [-0.25, -0.2) is 8.42 Å². The molecule has 9 nitrogen and oxygen atoms in total. The van der Waals surface area contributed by atoms with E-state index in [1.54, 1.807) is 23.1 Å². The predicted molar refractivity (Wildman–Crippen MR) is 108 cm³/mol. The summed E-state index contributed by atoms with van der Waals surface area (Å²) in [5.74, 6) is -0.343. The minimum Gasteiger partial charge on any atom is -0.339 e. The van der Waals surface area contributed by atoms with Gasteiger partial charge in [-0.05, 0) is 25.2 Å². The maximum absolute atomic E-state index is 13.3. The number of piperazine rings is 1. The van der Waals surface area contributed by atoms with Gasteiger partial charge in [0.1, 0.15) is 6.54 Å². The van der Waals surface area contributed by atoms with Gasteiger partial charge in [-0.2, -0.15) is 0 Å². The molecule has 2 aromatic rings. The Labute approximate surface area is 169 Å². The van der Waals surface area contributed by atoms with E-state index in [1.165, 1.54) is 30.3 Å². The van der Waals surface area contributed by atoms with Gasteiger partial charge in [0.25, 0.3) is 15.7 Å². The number of carbonyl (C=O) groups is 1. The van der Waals surface area contributed by atoms with Gasteiger partial charge in [0.15, 0.2) is 0 Å². The third kappa shape index (κ3) is 4.72. The molecule has 0 unspecified atom stereocenters. The first-order valence-electron chi connectivity index (χ1n) is 9.07. The lowest BCUT2D eigenvalue weighted by Crippen LogP contribution is -2.50. The van der Waals surface area contributed by atoms with Crippen molar-refractivity contribution in [1.82, 2.24) is 9.80 Å². The van der Waals surface area contributed by atoms with E-state index >= 15 is 0 Å². The van der Waals surface area contributed by atoms with Crippen molar-refractivity contribution in [2.45, 2.75) is 4.90 Å². The molecule has 1 heterocycles. The van der Waals surface area contributed by atoms with Crippen molar-refractivity contribution < 1.29 is 18.1 Å². The van der Waals surface area contributed by atoms with Crippen LogP contribution in [0, 0.1) is 10.1 Å². The van der Waals surface area contributed by atoms with Crippen LogP contribution in [-0.4, -0.2) is 68.8 Å². The molecule has 29 heavy (non-hydrogen) atoms. The summed E-state index contributed by atoms with van der Waals surface area (Å²) in [6.07, 6.45) is 0. The highest BCUT2D eigenvalue weighted by Gasteiger charge is 2.30. The molecule has 1 aliphatic rings. The number of likely N-dealkylation sites (N-methyl/N-ethyl adjacent to an activating group) is 1. The first-order valence-corrected chi connectivity index (χ1v) is 10.5. The minimum atomic E-state index is -4.09. The minimum absolute atomic E-state index is 0.0117. The second kappa shape index (κ2) is 8.58. The number of benzene rings is 2. The maximum atomic E-state index is 13.3. The van der Waals surface area contributed by atoms with Gasteiger partial charge in [-0.1, -0.05) is 24.3 Å². The fourth-order valence-corrected chi connectivity index (χ4v) is 4.50. The van der Waals surface area contributed by atoms with Crippen molar-refractivity contribution in [3.8, 4) is 0 Å². The van der Waals surface area contributed by atoms with Crippen molar-refractivity contribution in [2.75, 3.05) is 44.1 Å². The van der Waals surface area contributed by atoms with Crippen molar-refractivity contribution in [3.05, 3.63) is 64.7 Å². The van der Waals surface area contributed by atoms with Gasteiger partial charge in [-0.15, -0.1) is 0 Å². The lowest BCUT2D eigenvalue weighted by molar-refractivity contribution is -0.384. The summed E-state index contributed by atoms with van der Waals surface area (Å²) in [5, 5.41) is 11.2. The highest BCUT2D eigenvalue weighted by Crippen LogP contribution is 2.27. The van der Waals surface area contributed by atoms with E-state index in [9.17, 15) is 23.3 Å². The molecule has 0 spiro atoms. The Hall–Kier alpha value is -2.98. The maximum Gasteiger partial charge on any atom is 0.271 e. The Morgan fingerprint density at radius 3 is 2.34 bits per heavy atom. The number of hydrogen-bond acceptors (Lipinski definition) is 6. The molecule has 0 bridgehead atoms. The SMILES string of the molecule is CN1CCN(C(=O)CN(c2cccc([N+](=O)[O-])c2)S(=O)(=O)c2ccccc2)CC1. The van der Waals surface area contributed by atoms with Crippen LogP contribution in [0.1, 0.15) is 0 Å². The van der Waals surface area contributed by atoms with E-state index in [-0.39, 0.29) is 22.2 Å². The molecule has 1 amide bonds. The predicted octanol–water partition coefficient (Wildman–Crippen LogP) is 1.56. The number of non-ortho nitro benzene ring substituents is 1. The van der Waals surface area contributed by atoms with E-state index < -0.39 is 21.5 Å². The van der Waals surface area contributed by atoms with Crippen LogP contribution in [-0.2, 0) is 14.8 Å². The van der Waals surface area contributed by atoms with Crippen LogP contribution < -0.4 is 4.31 Å². The fourth-order valence-electron chi connectivity index (χ4n) is 3.08. The molecule has 3 rings (SSSR count). The number of sulfonamides is 1. The van der Waals surface area contributed by atoms with Gasteiger partial charge in [-0.3, -0.25) is 19.2 Å². The molecule has 2 aromatic carbocycles. The molecule has 0 N–H and O–H groups in total. The third-order valence-corrected chi connectivity index (χ3v) is 6.58. The summed E-state index contributed by atoms with van der Waals surface area (Å²) in [6.45, 7) is 1.98. The zero-order valence-corrected chi connectivity index (χ0v) is 16.8. The zero-order valence-electron chi connectivity index (χ0n) is 16.0. The average Bonchev–Trinajstić information content (AvgIpc) is 2.73. The van der Waals surface area contributed by atoms with E-state index in [2.05, 4.69) is 4.90 Å². The summed E-state index contributed by atoms with van der Waals surface area (Å²) in [4.78, 5) is 27.1. The summed E-state index contributed by atoms with van der Waals surface area (Å²) in [5.41, 5.74) is -0.173. The number of nitro groups is 1. The van der Waals surface area contributed by atoms with E-state index in [0.29, 0.717) is 26.2 Å². The standard InChI is InChI=1S/C19H22N4O5S/c1-20-10-12-21(13-11-20)19(24)15-22(16-6-5-7-17(14-16)23(25)26)29(27,28)18-8-3-2-4-9-18/h2-9,14H,10-13,15H2,1H3. The zero-order chi connectivity index (χ0) is 21.0. The van der Waals surface area contributed by atoms with Gasteiger partial charge in [0, 0.05) is 38.3 Å². The molecular formula is C19H22N4O5S. The molecular weight excluding hydrogens is 396 g/mol. The van der Waals surface area contributed by atoms with E-state index in [4.69, 9.17) is 0 Å². The number of carbonyl (C=O) groups excluding carboxylic acids is 1. The largest absolute Gasteiger partial charge is 0.339 e. The van der Waals surface area contributed by atoms with Crippen LogP contribution >= 0.6 is 0 Å². The van der Waals surface area contributed by atoms with E-state index in [1.807, 2.05) is 7.05 Å². The molecule has 154 valence electrons. The van der Waals surface area contributed by atoms with Crippen LogP contribution in [0.3, 0.4) is 0 Å². The third-order valence-electron chi connectivity index (χ3n) is 4.79. The van der Waals surface area contributed by atoms with Crippen LogP contribution in [0.2, 0.25) is 0 Å². The molecule has 0 aromatic heterocycles. The van der Waals surface area contributed by atoms with Gasteiger partial charge < -0.3 is 9.80 Å². The first kappa shape index (κ1) is 20.7. The summed E-state index contributed by atoms with van der Waals surface area (Å²) in [6, 6.07) is 13.0. The van der Waals surface area contributed by atoms with Gasteiger partial charge in [0.2, 0.25) is 5.91 Å². The van der Waals surface area contributed by atoms with Crippen LogP contribution in [0.15, 0.2) is 59.5 Å². The molecule has 0 aliphatic carbocycles. The monoisotopic (exact) mass is 418 g/mol. The molecule has 1 fully saturated rings. The average molecular weight is 418 g/mol. The van der Waals surface area contributed by atoms with Gasteiger partial charge in [0.05, 0.1) is 15.5 Å². The highest BCUT2D eigenvalue weighted by atomic mass is 32.2. The Balaban J connectivity index is 1.97. The Morgan fingerprint density at radius 1 is 1.07 bits per heavy atom. The molecule has 10 heteroatoms. The van der Waals surface area contributed by atoms with Crippen molar-refractivity contribution >= 4 is 27.3 Å². The number of nitro benzene ring substituents is 1. The fraction of sp³-hybridized carbons (Fsp3) is 0.316. The van der Waals surface area contributed by atoms with Crippen LogP contribution in [0.4, 0.5) is 11.4 Å². The summed E-state index contributed by atoms with van der Waals surface area (Å²) < 4.78 is 27.5. The topological polar surface area (TPSA) is 104 Å². The van der Waals surface area contributed by atoms with E-state index in [0.717, 1.165) is 10.4 Å². The van der Waals surface area contributed by atoms with Crippen molar-refractivity contribution in [3.63, 3.8) is 0 Å². The summed E-state index contributed by atoms with van der Waals surface area (Å²) >= 11 is 0. The van der Waals surface area contributed by atoms with Gasteiger partial charge >= 0.3 is 0 Å². The summed E-state index contributed by atoms with van der Waals surface area (Å²) in [7, 11) is -2.13. The Kier molecular flexibility index (Phi) is 6.14. The molecule has 1 saturated heterocycles. The molecule has 0 atom stereocenters. The lowest BCUT2D eigenvalue weighted by Gasteiger charge is -2.34. The van der Waals surface area contributed by atoms with Crippen molar-refractivity contribution in [2.24, 2.45) is 0 Å². The number of nitrogens with zero attached hydrogens (tertiary/aromatic N) is 4. The van der Waals surface area contributed by atoms with Crippen LogP contribution in [0.5, 0.6) is 0 Å². The molecule has 1 aliphatic heterocycles. The van der Waals surface area contributed by atoms with Crippen LogP contribution in [0.25, 0.3) is 0 Å². The number of amides is 1. The number of anilines is 1. The quantitative estimate of drug-likeness (QED) is 0.521. The smallest absolute Gasteiger partial charge is 0.271 e. The molecule has 0 radical (unpaired) electrons. The molecule has 0 saturated carbocycles. The highest BCUT2D eigenvalue weighted by molar-refractivity contribution is 7.92. The lowest BCUT2D eigenvalue weighted by atomic mass is 10.2. The number of rotatable bonds is 6. The van der Waals surface area contributed by atoms with Crippen molar-refractivity contribution in [1.29, 1.82) is 0 Å². The Bertz CT molecular complexity index is 989.